The highest BCUT2D eigenvalue weighted by Gasteiger charge is 2.15. The van der Waals surface area contributed by atoms with Crippen molar-refractivity contribution >= 4 is 40.7 Å². The average Bonchev–Trinajstić information content (AvgIpc) is 2.50. The summed E-state index contributed by atoms with van der Waals surface area (Å²) in [6, 6.07) is 10.1. The molecule has 0 saturated heterocycles. The number of hydrogen-bond donors (Lipinski definition) is 2. The SMILES string of the molecule is O=C(NCc1ccccn1)C(=O)Nc1cccc(Cl)c1Cl. The molecule has 7 heteroatoms. The average molecular weight is 324 g/mol. The van der Waals surface area contributed by atoms with Crippen LogP contribution >= 0.6 is 23.2 Å². The van der Waals surface area contributed by atoms with Crippen LogP contribution in [0.3, 0.4) is 0 Å². The highest BCUT2D eigenvalue weighted by atomic mass is 35.5. The Bertz CT molecular complexity index is 663. The number of pyridine rings is 1. The summed E-state index contributed by atoms with van der Waals surface area (Å²) in [7, 11) is 0. The van der Waals surface area contributed by atoms with Gasteiger partial charge in [-0.2, -0.15) is 0 Å². The lowest BCUT2D eigenvalue weighted by Crippen LogP contribution is -2.35. The molecule has 1 heterocycles. The molecular weight excluding hydrogens is 313 g/mol. The molecular formula is C14H11Cl2N3O2. The smallest absolute Gasteiger partial charge is 0.313 e. The van der Waals surface area contributed by atoms with E-state index in [4.69, 9.17) is 23.2 Å². The molecule has 5 nitrogen and oxygen atoms in total. The van der Waals surface area contributed by atoms with Gasteiger partial charge in [0.25, 0.3) is 0 Å². The lowest BCUT2D eigenvalue weighted by atomic mass is 10.3. The number of amides is 2. The van der Waals surface area contributed by atoms with Gasteiger partial charge in [0, 0.05) is 6.20 Å². The van der Waals surface area contributed by atoms with Gasteiger partial charge in [0.2, 0.25) is 0 Å². The summed E-state index contributed by atoms with van der Waals surface area (Å²) in [5.74, 6) is -1.60. The molecule has 1 aromatic carbocycles. The van der Waals surface area contributed by atoms with Gasteiger partial charge in [-0.15, -0.1) is 0 Å². The van der Waals surface area contributed by atoms with Crippen molar-refractivity contribution in [3.63, 3.8) is 0 Å². The third-order valence-electron chi connectivity index (χ3n) is 2.56. The number of anilines is 1. The Morgan fingerprint density at radius 1 is 1.05 bits per heavy atom. The summed E-state index contributed by atoms with van der Waals surface area (Å²) >= 11 is 11.8. The Morgan fingerprint density at radius 3 is 2.57 bits per heavy atom. The van der Waals surface area contributed by atoms with Crippen molar-refractivity contribution in [2.45, 2.75) is 6.54 Å². The Morgan fingerprint density at radius 2 is 1.86 bits per heavy atom. The van der Waals surface area contributed by atoms with Gasteiger partial charge in [0.15, 0.2) is 0 Å². The van der Waals surface area contributed by atoms with Crippen LogP contribution in [-0.2, 0) is 16.1 Å². The fourth-order valence-corrected chi connectivity index (χ4v) is 1.88. The number of carbonyl (C=O) groups is 2. The first-order valence-electron chi connectivity index (χ1n) is 6.01. The molecule has 108 valence electrons. The molecule has 21 heavy (non-hydrogen) atoms. The first-order valence-corrected chi connectivity index (χ1v) is 6.76. The third-order valence-corrected chi connectivity index (χ3v) is 3.38. The van der Waals surface area contributed by atoms with Crippen molar-refractivity contribution in [2.75, 3.05) is 5.32 Å². The topological polar surface area (TPSA) is 71.1 Å². The number of nitrogens with one attached hydrogen (secondary N) is 2. The predicted molar refractivity (Wildman–Crippen MR) is 81.2 cm³/mol. The van der Waals surface area contributed by atoms with E-state index >= 15 is 0 Å². The van der Waals surface area contributed by atoms with E-state index in [0.717, 1.165) is 0 Å². The van der Waals surface area contributed by atoms with E-state index < -0.39 is 11.8 Å². The van der Waals surface area contributed by atoms with Crippen molar-refractivity contribution in [3.8, 4) is 0 Å². The molecule has 1 aromatic heterocycles. The predicted octanol–water partition coefficient (Wildman–Crippen LogP) is 2.64. The number of carbonyl (C=O) groups excluding carboxylic acids is 2. The quantitative estimate of drug-likeness (QED) is 0.853. The van der Waals surface area contributed by atoms with E-state index in [1.807, 2.05) is 0 Å². The van der Waals surface area contributed by atoms with Crippen molar-refractivity contribution in [1.29, 1.82) is 0 Å². The Hall–Kier alpha value is -2.11. The number of benzene rings is 1. The standard InChI is InChI=1S/C14H11Cl2N3O2/c15-10-5-3-6-11(12(10)16)19-14(21)13(20)18-8-9-4-1-2-7-17-9/h1-7H,8H2,(H,18,20)(H,19,21). The molecule has 2 rings (SSSR count). The summed E-state index contributed by atoms with van der Waals surface area (Å²) in [4.78, 5) is 27.5. The van der Waals surface area contributed by atoms with Gasteiger partial charge < -0.3 is 10.6 Å². The zero-order valence-corrected chi connectivity index (χ0v) is 12.3. The molecule has 0 aliphatic carbocycles. The van der Waals surface area contributed by atoms with E-state index in [0.29, 0.717) is 10.7 Å². The van der Waals surface area contributed by atoms with Crippen molar-refractivity contribution in [3.05, 3.63) is 58.3 Å². The van der Waals surface area contributed by atoms with Crippen molar-refractivity contribution in [2.24, 2.45) is 0 Å². The Kier molecular flexibility index (Phi) is 5.14. The number of aromatic nitrogens is 1. The van der Waals surface area contributed by atoms with Crippen LogP contribution < -0.4 is 10.6 Å². The van der Waals surface area contributed by atoms with Crippen LogP contribution in [0, 0.1) is 0 Å². The fraction of sp³-hybridized carbons (Fsp3) is 0.0714. The molecule has 2 N–H and O–H groups in total. The molecule has 0 spiro atoms. The first kappa shape index (κ1) is 15.3. The number of halogens is 2. The third kappa shape index (κ3) is 4.18. The minimum Gasteiger partial charge on any atom is -0.342 e. The Labute approximate surface area is 131 Å². The molecule has 0 atom stereocenters. The fourth-order valence-electron chi connectivity index (χ4n) is 1.53. The maximum atomic E-state index is 11.8. The van der Waals surface area contributed by atoms with Crippen LogP contribution in [0.1, 0.15) is 5.69 Å². The van der Waals surface area contributed by atoms with Crippen LogP contribution in [0.25, 0.3) is 0 Å². The zero-order valence-electron chi connectivity index (χ0n) is 10.8. The van der Waals surface area contributed by atoms with Crippen molar-refractivity contribution in [1.82, 2.24) is 10.3 Å². The summed E-state index contributed by atoms with van der Waals surface area (Å²) < 4.78 is 0. The monoisotopic (exact) mass is 323 g/mol. The lowest BCUT2D eigenvalue weighted by Gasteiger charge is -2.08. The van der Waals surface area contributed by atoms with Gasteiger partial charge >= 0.3 is 11.8 Å². The molecule has 2 aromatic rings. The van der Waals surface area contributed by atoms with Crippen LogP contribution in [0.5, 0.6) is 0 Å². The van der Waals surface area contributed by atoms with Gasteiger partial charge in [-0.1, -0.05) is 35.3 Å². The first-order chi connectivity index (χ1) is 10.1. The number of hydrogen-bond acceptors (Lipinski definition) is 3. The van der Waals surface area contributed by atoms with Crippen LogP contribution in [0.4, 0.5) is 5.69 Å². The molecule has 0 unspecified atom stereocenters. The molecule has 0 radical (unpaired) electrons. The van der Waals surface area contributed by atoms with E-state index in [1.165, 1.54) is 0 Å². The molecule has 0 aliphatic rings. The van der Waals surface area contributed by atoms with Crippen LogP contribution in [-0.4, -0.2) is 16.8 Å². The second-order valence-corrected chi connectivity index (χ2v) is 4.84. The van der Waals surface area contributed by atoms with Gasteiger partial charge in [-0.05, 0) is 24.3 Å². The maximum Gasteiger partial charge on any atom is 0.313 e. The summed E-state index contributed by atoms with van der Waals surface area (Å²) in [5.41, 5.74) is 0.932. The molecule has 2 amide bonds. The van der Waals surface area contributed by atoms with Crippen LogP contribution in [0.15, 0.2) is 42.6 Å². The van der Waals surface area contributed by atoms with E-state index in [-0.39, 0.29) is 17.3 Å². The van der Waals surface area contributed by atoms with Gasteiger partial charge in [0.1, 0.15) is 0 Å². The van der Waals surface area contributed by atoms with E-state index in [1.54, 1.807) is 42.6 Å². The Balaban J connectivity index is 1.94. The largest absolute Gasteiger partial charge is 0.342 e. The summed E-state index contributed by atoms with van der Waals surface area (Å²) in [5, 5.41) is 5.34. The van der Waals surface area contributed by atoms with Gasteiger partial charge in [-0.25, -0.2) is 0 Å². The lowest BCUT2D eigenvalue weighted by molar-refractivity contribution is -0.136. The van der Waals surface area contributed by atoms with Gasteiger partial charge in [-0.3, -0.25) is 14.6 Å². The molecule has 0 fully saturated rings. The molecule has 0 saturated carbocycles. The van der Waals surface area contributed by atoms with Gasteiger partial charge in [0.05, 0.1) is 28.0 Å². The van der Waals surface area contributed by atoms with Crippen LogP contribution in [0.2, 0.25) is 10.0 Å². The minimum atomic E-state index is -0.824. The second-order valence-electron chi connectivity index (χ2n) is 4.06. The number of nitrogens with zero attached hydrogens (tertiary/aromatic N) is 1. The van der Waals surface area contributed by atoms with E-state index in [9.17, 15) is 9.59 Å². The van der Waals surface area contributed by atoms with E-state index in [2.05, 4.69) is 15.6 Å². The van der Waals surface area contributed by atoms with Crippen molar-refractivity contribution < 1.29 is 9.59 Å². The normalized spacial score (nSPS) is 10.0. The zero-order chi connectivity index (χ0) is 15.2. The molecule has 0 bridgehead atoms. The maximum absolute atomic E-state index is 11.8. The summed E-state index contributed by atoms with van der Waals surface area (Å²) in [6.07, 6.45) is 1.60. The summed E-state index contributed by atoms with van der Waals surface area (Å²) in [6.45, 7) is 0.163. The molecule has 0 aliphatic heterocycles. The highest BCUT2D eigenvalue weighted by molar-refractivity contribution is 6.45. The second kappa shape index (κ2) is 7.06. The highest BCUT2D eigenvalue weighted by Crippen LogP contribution is 2.29. The number of rotatable bonds is 3. The minimum absolute atomic E-state index is 0.163.